The van der Waals surface area contributed by atoms with E-state index in [9.17, 15) is 13.2 Å². The average Bonchev–Trinajstić information content (AvgIpc) is 3.07. The number of rotatable bonds is 2. The van der Waals surface area contributed by atoms with Crippen LogP contribution in [0.3, 0.4) is 0 Å². The normalized spacial score (nSPS) is 15.7. The molecule has 0 unspecified atom stereocenters. The number of aryl methyl sites for hydroxylation is 1. The molecule has 1 fully saturated rings. The van der Waals surface area contributed by atoms with Crippen molar-refractivity contribution in [3.05, 3.63) is 42.2 Å². The van der Waals surface area contributed by atoms with Gasteiger partial charge in [-0.2, -0.15) is 13.2 Å². The van der Waals surface area contributed by atoms with Crippen molar-refractivity contribution in [3.63, 3.8) is 0 Å². The molecule has 0 N–H and O–H groups in total. The van der Waals surface area contributed by atoms with Gasteiger partial charge >= 0.3 is 6.18 Å². The number of hydrogen-bond donors (Lipinski definition) is 0. The van der Waals surface area contributed by atoms with Gasteiger partial charge in [0.2, 0.25) is 5.95 Å². The van der Waals surface area contributed by atoms with Crippen molar-refractivity contribution in [2.45, 2.75) is 13.1 Å². The molecule has 1 aliphatic rings. The molecule has 7 nitrogen and oxygen atoms in total. The number of fused-ring (bicyclic) bond motifs is 1. The smallest absolute Gasteiger partial charge is 0.350 e. The van der Waals surface area contributed by atoms with Crippen LogP contribution in [0, 0.1) is 6.92 Å². The highest BCUT2D eigenvalue weighted by Gasteiger charge is 2.34. The van der Waals surface area contributed by atoms with Crippen LogP contribution >= 0.6 is 0 Å². The molecule has 0 saturated carbocycles. The summed E-state index contributed by atoms with van der Waals surface area (Å²) in [5.74, 6) is 1.11. The second kappa shape index (κ2) is 6.11. The van der Waals surface area contributed by atoms with Crippen LogP contribution in [0.5, 0.6) is 0 Å². The maximum atomic E-state index is 12.9. The van der Waals surface area contributed by atoms with Crippen LogP contribution in [0.1, 0.15) is 11.4 Å². The molecule has 0 bridgehead atoms. The van der Waals surface area contributed by atoms with E-state index in [-0.39, 0.29) is 5.65 Å². The molecular formula is C16H16F3N7. The topological polar surface area (TPSA) is 62.5 Å². The molecule has 0 amide bonds. The minimum atomic E-state index is -4.48. The first-order chi connectivity index (χ1) is 12.4. The molecule has 3 aromatic rings. The van der Waals surface area contributed by atoms with Crippen molar-refractivity contribution in [1.29, 1.82) is 0 Å². The summed E-state index contributed by atoms with van der Waals surface area (Å²) in [5.41, 5.74) is 0.180. The van der Waals surface area contributed by atoms with Gasteiger partial charge in [0.1, 0.15) is 0 Å². The molecule has 1 aliphatic heterocycles. The summed E-state index contributed by atoms with van der Waals surface area (Å²) < 4.78 is 40.2. The molecule has 0 spiro atoms. The molecule has 3 aromatic heterocycles. The van der Waals surface area contributed by atoms with Crippen molar-refractivity contribution in [2.75, 3.05) is 36.0 Å². The number of halogens is 3. The van der Waals surface area contributed by atoms with E-state index in [2.05, 4.69) is 24.8 Å². The Balaban J connectivity index is 1.57. The van der Waals surface area contributed by atoms with Crippen LogP contribution in [0.15, 0.2) is 30.9 Å². The monoisotopic (exact) mass is 363 g/mol. The van der Waals surface area contributed by atoms with Gasteiger partial charge in [0.05, 0.1) is 0 Å². The number of imidazole rings is 1. The second-order valence-electron chi connectivity index (χ2n) is 6.08. The average molecular weight is 363 g/mol. The van der Waals surface area contributed by atoms with Crippen molar-refractivity contribution < 1.29 is 13.2 Å². The van der Waals surface area contributed by atoms with Crippen LogP contribution < -0.4 is 9.80 Å². The first-order valence-electron chi connectivity index (χ1n) is 8.12. The Labute approximate surface area is 147 Å². The number of aromatic nitrogens is 5. The van der Waals surface area contributed by atoms with E-state index in [0.717, 1.165) is 11.9 Å². The second-order valence-corrected chi connectivity index (χ2v) is 6.08. The fourth-order valence-electron chi connectivity index (χ4n) is 2.97. The van der Waals surface area contributed by atoms with Gasteiger partial charge in [-0.15, -0.1) is 0 Å². The Kier molecular flexibility index (Phi) is 3.89. The molecule has 0 radical (unpaired) electrons. The molecule has 0 aromatic carbocycles. The summed E-state index contributed by atoms with van der Waals surface area (Å²) in [7, 11) is 0. The summed E-state index contributed by atoms with van der Waals surface area (Å²) in [6.45, 7) is 4.40. The third kappa shape index (κ3) is 3.02. The molecular weight excluding hydrogens is 347 g/mol. The zero-order valence-electron chi connectivity index (χ0n) is 14.0. The zero-order valence-corrected chi connectivity index (χ0v) is 14.0. The highest BCUT2D eigenvalue weighted by molar-refractivity contribution is 5.65. The fourth-order valence-corrected chi connectivity index (χ4v) is 2.97. The minimum absolute atomic E-state index is 0.208. The third-order valence-corrected chi connectivity index (χ3v) is 4.29. The standard InChI is InChI=1S/C16H16F3N7/c1-11-2-3-21-15(22-11)25-8-6-24(7-9-25)13-14-23-12(16(17,18)19)10-26(14)5-4-20-13/h2-5,10H,6-9H2,1H3. The van der Waals surface area contributed by atoms with E-state index in [1.54, 1.807) is 6.20 Å². The molecule has 0 atom stereocenters. The predicted molar refractivity (Wildman–Crippen MR) is 89.2 cm³/mol. The van der Waals surface area contributed by atoms with Crippen molar-refractivity contribution in [2.24, 2.45) is 0 Å². The lowest BCUT2D eigenvalue weighted by atomic mass is 10.3. The highest BCUT2D eigenvalue weighted by Crippen LogP contribution is 2.30. The van der Waals surface area contributed by atoms with Gasteiger partial charge in [-0.25, -0.2) is 19.9 Å². The van der Waals surface area contributed by atoms with Crippen LogP contribution in [0.25, 0.3) is 5.65 Å². The van der Waals surface area contributed by atoms with E-state index in [1.165, 1.54) is 16.8 Å². The number of anilines is 2. The van der Waals surface area contributed by atoms with E-state index in [1.807, 2.05) is 17.9 Å². The predicted octanol–water partition coefficient (Wildman–Crippen LogP) is 2.17. The molecule has 4 rings (SSSR count). The Morgan fingerprint density at radius 2 is 1.69 bits per heavy atom. The molecule has 4 heterocycles. The molecule has 1 saturated heterocycles. The van der Waals surface area contributed by atoms with E-state index in [4.69, 9.17) is 0 Å². The van der Waals surface area contributed by atoms with Crippen LogP contribution in [-0.4, -0.2) is 50.5 Å². The SMILES string of the molecule is Cc1ccnc(N2CCN(c3nccn4cc(C(F)(F)F)nc34)CC2)n1. The number of piperazine rings is 1. The maximum Gasteiger partial charge on any atom is 0.434 e. The Morgan fingerprint density at radius 3 is 2.38 bits per heavy atom. The summed E-state index contributed by atoms with van der Waals surface area (Å²) in [4.78, 5) is 20.7. The van der Waals surface area contributed by atoms with Crippen LogP contribution in [0.2, 0.25) is 0 Å². The van der Waals surface area contributed by atoms with Crippen LogP contribution in [-0.2, 0) is 6.18 Å². The summed E-state index contributed by atoms with van der Waals surface area (Å²) in [5, 5.41) is 0. The van der Waals surface area contributed by atoms with Crippen molar-refractivity contribution in [3.8, 4) is 0 Å². The third-order valence-electron chi connectivity index (χ3n) is 4.29. The van der Waals surface area contributed by atoms with Gasteiger partial charge < -0.3 is 14.2 Å². The molecule has 10 heteroatoms. The van der Waals surface area contributed by atoms with E-state index >= 15 is 0 Å². The van der Waals surface area contributed by atoms with Crippen molar-refractivity contribution in [1.82, 2.24) is 24.3 Å². The number of alkyl halides is 3. The van der Waals surface area contributed by atoms with Gasteiger partial charge in [-0.1, -0.05) is 0 Å². The molecule has 0 aliphatic carbocycles. The quantitative estimate of drug-likeness (QED) is 0.695. The Morgan fingerprint density at radius 1 is 0.962 bits per heavy atom. The lowest BCUT2D eigenvalue weighted by molar-refractivity contribution is -0.140. The largest absolute Gasteiger partial charge is 0.434 e. The molecule has 136 valence electrons. The van der Waals surface area contributed by atoms with E-state index in [0.29, 0.717) is 37.9 Å². The van der Waals surface area contributed by atoms with Gasteiger partial charge in [0.15, 0.2) is 17.2 Å². The molecule has 26 heavy (non-hydrogen) atoms. The Hall–Kier alpha value is -2.91. The Bertz CT molecular complexity index is 929. The summed E-state index contributed by atoms with van der Waals surface area (Å²) in [6.07, 6.45) is 1.18. The zero-order chi connectivity index (χ0) is 18.3. The first kappa shape index (κ1) is 16.6. The maximum absolute atomic E-state index is 12.9. The van der Waals surface area contributed by atoms with Crippen LogP contribution in [0.4, 0.5) is 24.9 Å². The van der Waals surface area contributed by atoms with Gasteiger partial charge in [0.25, 0.3) is 0 Å². The lowest BCUT2D eigenvalue weighted by Gasteiger charge is -2.35. The number of hydrogen-bond acceptors (Lipinski definition) is 6. The number of nitrogens with zero attached hydrogens (tertiary/aromatic N) is 7. The van der Waals surface area contributed by atoms with Gasteiger partial charge in [-0.3, -0.25) is 0 Å². The highest BCUT2D eigenvalue weighted by atomic mass is 19.4. The minimum Gasteiger partial charge on any atom is -0.350 e. The van der Waals surface area contributed by atoms with Gasteiger partial charge in [0, 0.05) is 56.7 Å². The summed E-state index contributed by atoms with van der Waals surface area (Å²) >= 11 is 0. The summed E-state index contributed by atoms with van der Waals surface area (Å²) in [6, 6.07) is 1.83. The lowest BCUT2D eigenvalue weighted by Crippen LogP contribution is -2.47. The van der Waals surface area contributed by atoms with Crippen molar-refractivity contribution >= 4 is 17.4 Å². The van der Waals surface area contributed by atoms with E-state index < -0.39 is 11.9 Å². The first-order valence-corrected chi connectivity index (χ1v) is 8.12. The fraction of sp³-hybridized carbons (Fsp3) is 0.375. The van der Waals surface area contributed by atoms with Gasteiger partial charge in [-0.05, 0) is 13.0 Å².